The Morgan fingerprint density at radius 1 is 1.29 bits per heavy atom. The number of nitrogens with zero attached hydrogens (tertiary/aromatic N) is 6. The molecular formula is C7H9N7. The van der Waals surface area contributed by atoms with E-state index in [1.807, 2.05) is 0 Å². The van der Waals surface area contributed by atoms with Gasteiger partial charge in [0, 0.05) is 18.9 Å². The van der Waals surface area contributed by atoms with Crippen molar-refractivity contribution in [2.24, 2.45) is 5.73 Å². The molecule has 0 bridgehead atoms. The van der Waals surface area contributed by atoms with Gasteiger partial charge in [-0.15, -0.1) is 5.10 Å². The van der Waals surface area contributed by atoms with E-state index in [2.05, 4.69) is 25.5 Å². The number of hydrogen-bond donors (Lipinski definition) is 1. The maximum absolute atomic E-state index is 5.41. The molecule has 0 radical (unpaired) electrons. The van der Waals surface area contributed by atoms with E-state index < -0.39 is 0 Å². The fourth-order valence-corrected chi connectivity index (χ4v) is 1.05. The Labute approximate surface area is 80.0 Å². The third-order valence-electron chi connectivity index (χ3n) is 1.64. The van der Waals surface area contributed by atoms with Gasteiger partial charge in [0.15, 0.2) is 5.82 Å². The molecule has 0 aliphatic heterocycles. The summed E-state index contributed by atoms with van der Waals surface area (Å²) < 4.78 is 1.58. The van der Waals surface area contributed by atoms with Crippen molar-refractivity contribution < 1.29 is 0 Å². The second-order valence-corrected chi connectivity index (χ2v) is 2.59. The Hall–Kier alpha value is -1.89. The number of tetrazole rings is 1. The van der Waals surface area contributed by atoms with E-state index in [-0.39, 0.29) is 0 Å². The van der Waals surface area contributed by atoms with Crippen LogP contribution in [0.15, 0.2) is 18.5 Å². The summed E-state index contributed by atoms with van der Waals surface area (Å²) in [6, 6.07) is 1.74. The average Bonchev–Trinajstić information content (AvgIpc) is 2.68. The molecule has 0 amide bonds. The molecule has 0 saturated carbocycles. The maximum Gasteiger partial charge on any atom is 0.219 e. The lowest BCUT2D eigenvalue weighted by Gasteiger charge is -1.99. The molecule has 0 fully saturated rings. The summed E-state index contributed by atoms with van der Waals surface area (Å²) in [4.78, 5) is 8.10. The first-order chi connectivity index (χ1) is 6.92. The smallest absolute Gasteiger partial charge is 0.219 e. The third kappa shape index (κ3) is 1.57. The highest BCUT2D eigenvalue weighted by atomic mass is 15.5. The van der Waals surface area contributed by atoms with Gasteiger partial charge >= 0.3 is 0 Å². The fraction of sp³-hybridized carbons (Fsp3) is 0.286. The second kappa shape index (κ2) is 3.88. The monoisotopic (exact) mass is 191 g/mol. The maximum atomic E-state index is 5.41. The minimum atomic E-state index is 0.477. The van der Waals surface area contributed by atoms with Crippen molar-refractivity contribution in [3.63, 3.8) is 0 Å². The third-order valence-corrected chi connectivity index (χ3v) is 1.64. The van der Waals surface area contributed by atoms with Crippen LogP contribution >= 0.6 is 0 Å². The summed E-state index contributed by atoms with van der Waals surface area (Å²) in [7, 11) is 0. The van der Waals surface area contributed by atoms with Crippen molar-refractivity contribution in [3.8, 4) is 11.6 Å². The molecule has 7 nitrogen and oxygen atoms in total. The summed E-state index contributed by atoms with van der Waals surface area (Å²) in [6.45, 7) is 1.03. The highest BCUT2D eigenvalue weighted by molar-refractivity contribution is 5.40. The number of aromatic nitrogens is 6. The highest BCUT2D eigenvalue weighted by Gasteiger charge is 2.09. The fourth-order valence-electron chi connectivity index (χ4n) is 1.05. The molecule has 0 spiro atoms. The quantitative estimate of drug-likeness (QED) is 0.674. The Bertz CT molecular complexity index is 395. The predicted octanol–water partition coefficient (Wildman–Crippen LogP) is -0.911. The van der Waals surface area contributed by atoms with Gasteiger partial charge in [0.05, 0.1) is 6.54 Å². The van der Waals surface area contributed by atoms with Crippen molar-refractivity contribution in [1.29, 1.82) is 0 Å². The minimum Gasteiger partial charge on any atom is -0.329 e. The Morgan fingerprint density at radius 3 is 2.79 bits per heavy atom. The molecule has 72 valence electrons. The molecule has 2 rings (SSSR count). The van der Waals surface area contributed by atoms with Crippen molar-refractivity contribution >= 4 is 0 Å². The number of hydrogen-bond acceptors (Lipinski definition) is 6. The first-order valence-electron chi connectivity index (χ1n) is 4.15. The van der Waals surface area contributed by atoms with Crippen LogP contribution in [0, 0.1) is 0 Å². The highest BCUT2D eigenvalue weighted by Crippen LogP contribution is 2.06. The van der Waals surface area contributed by atoms with Crippen molar-refractivity contribution in [2.45, 2.75) is 6.54 Å². The Morgan fingerprint density at radius 2 is 2.07 bits per heavy atom. The van der Waals surface area contributed by atoms with Gasteiger partial charge in [-0.25, -0.2) is 14.6 Å². The van der Waals surface area contributed by atoms with E-state index in [0.29, 0.717) is 24.7 Å². The molecule has 2 aromatic heterocycles. The molecule has 0 saturated heterocycles. The van der Waals surface area contributed by atoms with Gasteiger partial charge in [-0.3, -0.25) is 0 Å². The van der Waals surface area contributed by atoms with Gasteiger partial charge in [0.1, 0.15) is 0 Å². The first kappa shape index (κ1) is 8.70. The van der Waals surface area contributed by atoms with E-state index in [1.165, 1.54) is 0 Å². The zero-order valence-corrected chi connectivity index (χ0v) is 7.41. The number of nitrogens with two attached hydrogens (primary N) is 1. The van der Waals surface area contributed by atoms with Gasteiger partial charge in [-0.05, 0) is 16.5 Å². The summed E-state index contributed by atoms with van der Waals surface area (Å²) in [5, 5.41) is 11.1. The molecule has 0 atom stereocenters. The van der Waals surface area contributed by atoms with E-state index in [1.54, 1.807) is 23.1 Å². The van der Waals surface area contributed by atoms with Crippen LogP contribution in [0.5, 0.6) is 0 Å². The Kier molecular flexibility index (Phi) is 2.41. The normalized spacial score (nSPS) is 10.4. The van der Waals surface area contributed by atoms with Crippen molar-refractivity contribution in [1.82, 2.24) is 30.2 Å². The summed E-state index contributed by atoms with van der Waals surface area (Å²) in [5.41, 5.74) is 5.41. The molecule has 0 aromatic carbocycles. The minimum absolute atomic E-state index is 0.477. The van der Waals surface area contributed by atoms with E-state index in [4.69, 9.17) is 5.73 Å². The van der Waals surface area contributed by atoms with Crippen LogP contribution < -0.4 is 5.73 Å². The van der Waals surface area contributed by atoms with Gasteiger partial charge in [-0.2, -0.15) is 0 Å². The van der Waals surface area contributed by atoms with Crippen LogP contribution in [0.3, 0.4) is 0 Å². The molecule has 2 aromatic rings. The SMILES string of the molecule is NCCn1nnnc1-c1ncccn1. The van der Waals surface area contributed by atoms with Crippen LogP contribution in [0.25, 0.3) is 11.6 Å². The van der Waals surface area contributed by atoms with E-state index in [0.717, 1.165) is 0 Å². The predicted molar refractivity (Wildman–Crippen MR) is 47.9 cm³/mol. The lowest BCUT2D eigenvalue weighted by Crippen LogP contribution is -2.13. The molecular weight excluding hydrogens is 182 g/mol. The van der Waals surface area contributed by atoms with Crippen LogP contribution in [0.1, 0.15) is 0 Å². The average molecular weight is 191 g/mol. The molecule has 0 unspecified atom stereocenters. The largest absolute Gasteiger partial charge is 0.329 e. The lowest BCUT2D eigenvalue weighted by atomic mass is 10.5. The van der Waals surface area contributed by atoms with Crippen LogP contribution in [0.4, 0.5) is 0 Å². The summed E-state index contributed by atoms with van der Waals surface area (Å²) >= 11 is 0. The van der Waals surface area contributed by atoms with Crippen LogP contribution in [-0.4, -0.2) is 36.7 Å². The molecule has 14 heavy (non-hydrogen) atoms. The summed E-state index contributed by atoms with van der Waals surface area (Å²) in [6.07, 6.45) is 3.29. The molecule has 2 heterocycles. The topological polar surface area (TPSA) is 95.4 Å². The van der Waals surface area contributed by atoms with Gasteiger partial charge in [0.2, 0.25) is 5.82 Å². The van der Waals surface area contributed by atoms with Crippen LogP contribution in [0.2, 0.25) is 0 Å². The number of rotatable bonds is 3. The molecule has 7 heteroatoms. The van der Waals surface area contributed by atoms with Gasteiger partial charge < -0.3 is 5.73 Å². The zero-order chi connectivity index (χ0) is 9.80. The van der Waals surface area contributed by atoms with Crippen LogP contribution in [-0.2, 0) is 6.54 Å². The summed E-state index contributed by atoms with van der Waals surface area (Å²) in [5.74, 6) is 1.04. The molecule has 2 N–H and O–H groups in total. The van der Waals surface area contributed by atoms with Crippen molar-refractivity contribution in [3.05, 3.63) is 18.5 Å². The second-order valence-electron chi connectivity index (χ2n) is 2.59. The molecule has 0 aliphatic rings. The van der Waals surface area contributed by atoms with Crippen molar-refractivity contribution in [2.75, 3.05) is 6.54 Å². The lowest BCUT2D eigenvalue weighted by molar-refractivity contribution is 0.601. The standard InChI is InChI=1S/C7H9N7/c8-2-5-14-7(11-12-13-14)6-9-3-1-4-10-6/h1,3-4H,2,5,8H2. The Balaban J connectivity index is 2.37. The zero-order valence-electron chi connectivity index (χ0n) is 7.41. The van der Waals surface area contributed by atoms with E-state index >= 15 is 0 Å². The van der Waals surface area contributed by atoms with Gasteiger partial charge in [-0.1, -0.05) is 0 Å². The van der Waals surface area contributed by atoms with E-state index in [9.17, 15) is 0 Å². The molecule has 0 aliphatic carbocycles. The first-order valence-corrected chi connectivity index (χ1v) is 4.15. The van der Waals surface area contributed by atoms with Gasteiger partial charge in [0.25, 0.3) is 0 Å².